The van der Waals surface area contributed by atoms with Gasteiger partial charge in [-0.3, -0.25) is 9.59 Å². The summed E-state index contributed by atoms with van der Waals surface area (Å²) in [4.78, 5) is 28.1. The molecule has 5 heteroatoms. The first-order valence-electron chi connectivity index (χ1n) is 3.45. The predicted octanol–water partition coefficient (Wildman–Crippen LogP) is -0.286. The maximum absolute atomic E-state index is 11.3. The fraction of sp³-hybridized carbons (Fsp3) is 0.286. The Balaban J connectivity index is 2.79. The largest absolute Gasteiger partial charge is 0.369 e. The number of Topliss-reactive ketones (excluding diaryl/α,β-unsaturated/α-hetero) is 1. The molecule has 0 spiro atoms. The molecular weight excluding hydrogens is 158 g/mol. The van der Waals surface area contributed by atoms with Crippen LogP contribution in [0.2, 0.25) is 0 Å². The highest BCUT2D eigenvalue weighted by Gasteiger charge is 2.20. The van der Waals surface area contributed by atoms with Crippen LogP contribution in [0, 0.1) is 5.92 Å². The van der Waals surface area contributed by atoms with E-state index in [1.165, 1.54) is 19.4 Å². The fourth-order valence-electron chi connectivity index (χ4n) is 0.753. The number of aromatic nitrogens is 2. The van der Waals surface area contributed by atoms with Crippen molar-refractivity contribution in [1.29, 1.82) is 0 Å². The van der Waals surface area contributed by atoms with Gasteiger partial charge in [-0.05, 0) is 6.92 Å². The molecule has 0 saturated carbocycles. The van der Waals surface area contributed by atoms with Gasteiger partial charge in [-0.1, -0.05) is 0 Å². The van der Waals surface area contributed by atoms with Crippen LogP contribution in [0.5, 0.6) is 0 Å². The molecule has 12 heavy (non-hydrogen) atoms. The quantitative estimate of drug-likeness (QED) is 0.479. The zero-order chi connectivity index (χ0) is 9.14. The van der Waals surface area contributed by atoms with Gasteiger partial charge in [0.1, 0.15) is 5.69 Å². The van der Waals surface area contributed by atoms with E-state index in [0.717, 1.165) is 0 Å². The van der Waals surface area contributed by atoms with Gasteiger partial charge in [0.05, 0.1) is 18.4 Å². The van der Waals surface area contributed by atoms with Crippen molar-refractivity contribution in [2.45, 2.75) is 6.92 Å². The van der Waals surface area contributed by atoms with Crippen molar-refractivity contribution < 1.29 is 9.59 Å². The Hall–Kier alpha value is -1.65. The standard InChI is InChI=1S/C7H9N3O2/c1-4(7(8)12)6(11)5-2-9-3-10-5/h2-4H,1H3,(H2,8,12)(H,9,10). The molecule has 0 aliphatic carbocycles. The van der Waals surface area contributed by atoms with Crippen molar-refractivity contribution in [3.8, 4) is 0 Å². The summed E-state index contributed by atoms with van der Waals surface area (Å²) in [7, 11) is 0. The molecule has 0 radical (unpaired) electrons. The van der Waals surface area contributed by atoms with Crippen molar-refractivity contribution >= 4 is 11.7 Å². The zero-order valence-corrected chi connectivity index (χ0v) is 6.57. The average molecular weight is 167 g/mol. The Morgan fingerprint density at radius 1 is 1.67 bits per heavy atom. The Morgan fingerprint density at radius 2 is 2.33 bits per heavy atom. The number of imidazole rings is 1. The van der Waals surface area contributed by atoms with Gasteiger partial charge in [0.15, 0.2) is 5.78 Å². The monoisotopic (exact) mass is 167 g/mol. The van der Waals surface area contributed by atoms with Gasteiger partial charge in [-0.25, -0.2) is 4.98 Å². The molecule has 1 atom stereocenters. The SMILES string of the molecule is CC(C(N)=O)C(=O)c1cnc[nH]1. The number of nitrogens with one attached hydrogen (secondary N) is 1. The zero-order valence-electron chi connectivity index (χ0n) is 6.57. The molecule has 1 rings (SSSR count). The second kappa shape index (κ2) is 3.17. The van der Waals surface area contributed by atoms with Crippen molar-refractivity contribution in [1.82, 2.24) is 9.97 Å². The number of hydrogen-bond donors (Lipinski definition) is 2. The van der Waals surface area contributed by atoms with Crippen molar-refractivity contribution in [3.05, 3.63) is 18.2 Å². The Morgan fingerprint density at radius 3 is 2.75 bits per heavy atom. The third-order valence-corrected chi connectivity index (χ3v) is 1.58. The summed E-state index contributed by atoms with van der Waals surface area (Å²) in [6.07, 6.45) is 2.74. The molecule has 0 saturated heterocycles. The average Bonchev–Trinajstić information content (AvgIpc) is 2.53. The van der Waals surface area contributed by atoms with Gasteiger partial charge in [0.25, 0.3) is 0 Å². The van der Waals surface area contributed by atoms with Crippen molar-refractivity contribution in [2.75, 3.05) is 0 Å². The Kier molecular flexibility index (Phi) is 2.23. The minimum Gasteiger partial charge on any atom is -0.369 e. The number of primary amides is 1. The number of ketones is 1. The van der Waals surface area contributed by atoms with E-state index < -0.39 is 11.8 Å². The molecular formula is C7H9N3O2. The van der Waals surface area contributed by atoms with E-state index in [9.17, 15) is 9.59 Å². The first-order valence-corrected chi connectivity index (χ1v) is 3.45. The summed E-state index contributed by atoms with van der Waals surface area (Å²) in [5.74, 6) is -1.76. The lowest BCUT2D eigenvalue weighted by atomic mass is 10.0. The summed E-state index contributed by atoms with van der Waals surface area (Å²) in [5, 5.41) is 0. The fourth-order valence-corrected chi connectivity index (χ4v) is 0.753. The van der Waals surface area contributed by atoms with Gasteiger partial charge in [-0.15, -0.1) is 0 Å². The molecule has 0 bridgehead atoms. The number of aromatic amines is 1. The number of hydrogen-bond acceptors (Lipinski definition) is 3. The molecule has 1 aromatic rings. The van der Waals surface area contributed by atoms with Crippen LogP contribution in [0.1, 0.15) is 17.4 Å². The van der Waals surface area contributed by atoms with Crippen LogP contribution in [0.3, 0.4) is 0 Å². The van der Waals surface area contributed by atoms with E-state index in [0.29, 0.717) is 5.69 Å². The molecule has 1 unspecified atom stereocenters. The first-order chi connectivity index (χ1) is 5.63. The first kappa shape index (κ1) is 8.45. The summed E-state index contributed by atoms with van der Waals surface area (Å²) in [6, 6.07) is 0. The maximum atomic E-state index is 11.3. The van der Waals surface area contributed by atoms with E-state index in [1.807, 2.05) is 0 Å². The van der Waals surface area contributed by atoms with Crippen LogP contribution in [0.15, 0.2) is 12.5 Å². The molecule has 0 aliphatic heterocycles. The van der Waals surface area contributed by atoms with Gasteiger partial charge in [-0.2, -0.15) is 0 Å². The second-order valence-corrected chi connectivity index (χ2v) is 2.45. The number of H-pyrrole nitrogens is 1. The van der Waals surface area contributed by atoms with E-state index in [-0.39, 0.29) is 5.78 Å². The van der Waals surface area contributed by atoms with Gasteiger partial charge < -0.3 is 10.7 Å². The number of rotatable bonds is 3. The highest BCUT2D eigenvalue weighted by Crippen LogP contribution is 2.03. The van der Waals surface area contributed by atoms with Crippen LogP contribution < -0.4 is 5.73 Å². The Bertz CT molecular complexity index is 292. The summed E-state index contributed by atoms with van der Waals surface area (Å²) in [5.41, 5.74) is 5.26. The third-order valence-electron chi connectivity index (χ3n) is 1.58. The minimum atomic E-state index is -0.801. The number of carbonyl (C=O) groups excluding carboxylic acids is 2. The molecule has 3 N–H and O–H groups in total. The number of nitrogens with zero attached hydrogens (tertiary/aromatic N) is 1. The molecule has 5 nitrogen and oxygen atoms in total. The highest BCUT2D eigenvalue weighted by atomic mass is 16.2. The summed E-state index contributed by atoms with van der Waals surface area (Å²) >= 11 is 0. The van der Waals surface area contributed by atoms with Crippen molar-refractivity contribution in [3.63, 3.8) is 0 Å². The normalized spacial score (nSPS) is 12.4. The second-order valence-electron chi connectivity index (χ2n) is 2.45. The number of carbonyl (C=O) groups is 2. The molecule has 1 aromatic heterocycles. The Labute approximate surface area is 69.0 Å². The topological polar surface area (TPSA) is 88.8 Å². The molecule has 1 heterocycles. The summed E-state index contributed by atoms with van der Waals surface area (Å²) < 4.78 is 0. The number of nitrogens with two attached hydrogens (primary N) is 1. The van der Waals surface area contributed by atoms with Gasteiger partial charge >= 0.3 is 0 Å². The maximum Gasteiger partial charge on any atom is 0.228 e. The van der Waals surface area contributed by atoms with Crippen LogP contribution in [0.25, 0.3) is 0 Å². The predicted molar refractivity (Wildman–Crippen MR) is 41.3 cm³/mol. The van der Waals surface area contributed by atoms with Crippen LogP contribution in [-0.2, 0) is 4.79 Å². The molecule has 0 fully saturated rings. The number of amides is 1. The van der Waals surface area contributed by atoms with Gasteiger partial charge in [0, 0.05) is 0 Å². The molecule has 0 aromatic carbocycles. The van der Waals surface area contributed by atoms with E-state index >= 15 is 0 Å². The lowest BCUT2D eigenvalue weighted by Gasteiger charge is -2.02. The van der Waals surface area contributed by atoms with Crippen LogP contribution in [0.4, 0.5) is 0 Å². The van der Waals surface area contributed by atoms with E-state index in [2.05, 4.69) is 9.97 Å². The molecule has 1 amide bonds. The van der Waals surface area contributed by atoms with Crippen LogP contribution >= 0.6 is 0 Å². The highest BCUT2D eigenvalue weighted by molar-refractivity contribution is 6.08. The smallest absolute Gasteiger partial charge is 0.228 e. The molecule has 0 aliphatic rings. The van der Waals surface area contributed by atoms with Gasteiger partial charge in [0.2, 0.25) is 5.91 Å². The van der Waals surface area contributed by atoms with Crippen molar-refractivity contribution in [2.24, 2.45) is 11.7 Å². The minimum absolute atomic E-state index is 0.307. The van der Waals surface area contributed by atoms with Crippen LogP contribution in [-0.4, -0.2) is 21.7 Å². The third kappa shape index (κ3) is 1.50. The lowest BCUT2D eigenvalue weighted by molar-refractivity contribution is -0.119. The van der Waals surface area contributed by atoms with E-state index in [1.54, 1.807) is 0 Å². The summed E-state index contributed by atoms with van der Waals surface area (Å²) in [6.45, 7) is 1.46. The van der Waals surface area contributed by atoms with E-state index in [4.69, 9.17) is 5.73 Å². The molecule has 64 valence electrons. The lowest BCUT2D eigenvalue weighted by Crippen LogP contribution is -2.27.